The number of unbranched alkanes of at least 4 members (excludes halogenated alkanes) is 2. The third-order valence-electron chi connectivity index (χ3n) is 4.13. The predicted molar refractivity (Wildman–Crippen MR) is 94.4 cm³/mol. The monoisotopic (exact) mass is 348 g/mol. The summed E-state index contributed by atoms with van der Waals surface area (Å²) in [7, 11) is 0. The van der Waals surface area contributed by atoms with E-state index in [4.69, 9.17) is 13.9 Å². The summed E-state index contributed by atoms with van der Waals surface area (Å²) >= 11 is 0. The molecule has 3 aromatic rings. The van der Waals surface area contributed by atoms with Crippen LogP contribution in [0, 0.1) is 11.6 Å². The second-order valence-corrected chi connectivity index (χ2v) is 6.01. The topological polar surface area (TPSA) is 31.6 Å². The Morgan fingerprint density at radius 1 is 0.760 bits per heavy atom. The SMILES string of the molecule is CCCCOc1ccc2c(oc3c(F)c(OCCCC)ccc32)c1F. The molecule has 0 radical (unpaired) electrons. The number of rotatable bonds is 8. The van der Waals surface area contributed by atoms with E-state index in [1.165, 1.54) is 0 Å². The van der Waals surface area contributed by atoms with Gasteiger partial charge in [0.2, 0.25) is 11.6 Å². The van der Waals surface area contributed by atoms with Crippen LogP contribution in [-0.4, -0.2) is 13.2 Å². The highest BCUT2D eigenvalue weighted by molar-refractivity contribution is 6.06. The van der Waals surface area contributed by atoms with Crippen LogP contribution in [0.3, 0.4) is 0 Å². The molecule has 1 aromatic heterocycles. The zero-order valence-corrected chi connectivity index (χ0v) is 14.5. The van der Waals surface area contributed by atoms with Gasteiger partial charge in [0.05, 0.1) is 13.2 Å². The number of furan rings is 1. The van der Waals surface area contributed by atoms with Gasteiger partial charge in [0.25, 0.3) is 0 Å². The third kappa shape index (κ3) is 3.41. The van der Waals surface area contributed by atoms with Gasteiger partial charge < -0.3 is 13.9 Å². The Morgan fingerprint density at radius 2 is 1.20 bits per heavy atom. The van der Waals surface area contributed by atoms with Crippen LogP contribution in [0.5, 0.6) is 11.5 Å². The fourth-order valence-electron chi connectivity index (χ4n) is 2.68. The number of hydrogen-bond acceptors (Lipinski definition) is 3. The highest BCUT2D eigenvalue weighted by Crippen LogP contribution is 2.37. The molecule has 0 atom stereocenters. The largest absolute Gasteiger partial charge is 0.490 e. The molecule has 0 unspecified atom stereocenters. The number of hydrogen-bond donors (Lipinski definition) is 0. The summed E-state index contributed by atoms with van der Waals surface area (Å²) in [6, 6.07) is 6.52. The van der Waals surface area contributed by atoms with Crippen LogP contribution in [0.2, 0.25) is 0 Å². The fourth-order valence-corrected chi connectivity index (χ4v) is 2.68. The molecule has 0 spiro atoms. The second kappa shape index (κ2) is 7.72. The van der Waals surface area contributed by atoms with Crippen molar-refractivity contribution >= 4 is 21.9 Å². The van der Waals surface area contributed by atoms with Crippen molar-refractivity contribution in [3.8, 4) is 11.5 Å². The second-order valence-electron chi connectivity index (χ2n) is 6.01. The van der Waals surface area contributed by atoms with Crippen molar-refractivity contribution in [2.75, 3.05) is 13.2 Å². The van der Waals surface area contributed by atoms with Gasteiger partial charge >= 0.3 is 0 Å². The number of ether oxygens (including phenoxy) is 2. The van der Waals surface area contributed by atoms with Crippen LogP contribution in [0.4, 0.5) is 8.78 Å². The molecule has 0 saturated heterocycles. The standard InChI is InChI=1S/C20H22F2O3/c1-3-5-11-23-15-9-7-13-14-8-10-16(24-12-6-4-2)18(22)20(14)25-19(13)17(15)21/h7-10H,3-6,11-12H2,1-2H3. The first-order chi connectivity index (χ1) is 12.2. The van der Waals surface area contributed by atoms with Crippen molar-refractivity contribution in [3.63, 3.8) is 0 Å². The summed E-state index contributed by atoms with van der Waals surface area (Å²) in [5, 5.41) is 1.05. The van der Waals surface area contributed by atoms with Gasteiger partial charge in [-0.3, -0.25) is 0 Å². The van der Waals surface area contributed by atoms with E-state index in [1.54, 1.807) is 24.3 Å². The van der Waals surface area contributed by atoms with Gasteiger partial charge in [0.15, 0.2) is 22.7 Å². The molecular formula is C20H22F2O3. The molecule has 2 aromatic carbocycles. The lowest BCUT2D eigenvalue weighted by Crippen LogP contribution is -1.98. The summed E-state index contributed by atoms with van der Waals surface area (Å²) in [5.74, 6) is -0.949. The van der Waals surface area contributed by atoms with Crippen LogP contribution in [0.15, 0.2) is 28.7 Å². The van der Waals surface area contributed by atoms with Gasteiger partial charge in [-0.05, 0) is 37.1 Å². The lowest BCUT2D eigenvalue weighted by molar-refractivity contribution is 0.293. The highest BCUT2D eigenvalue weighted by Gasteiger charge is 2.20. The minimum Gasteiger partial charge on any atom is -0.490 e. The maximum absolute atomic E-state index is 14.6. The fraction of sp³-hybridized carbons (Fsp3) is 0.400. The molecule has 5 heteroatoms. The molecule has 0 saturated carbocycles. The smallest absolute Gasteiger partial charge is 0.208 e. The highest BCUT2D eigenvalue weighted by atomic mass is 19.1. The summed E-state index contributed by atoms with van der Waals surface area (Å²) in [6.07, 6.45) is 3.59. The maximum atomic E-state index is 14.6. The molecule has 0 fully saturated rings. The van der Waals surface area contributed by atoms with Crippen LogP contribution >= 0.6 is 0 Å². The average molecular weight is 348 g/mol. The molecule has 3 rings (SSSR count). The lowest BCUT2D eigenvalue weighted by atomic mass is 10.1. The van der Waals surface area contributed by atoms with Crippen molar-refractivity contribution in [1.29, 1.82) is 0 Å². The third-order valence-corrected chi connectivity index (χ3v) is 4.13. The van der Waals surface area contributed by atoms with Crippen molar-refractivity contribution in [2.24, 2.45) is 0 Å². The minimum atomic E-state index is -0.599. The van der Waals surface area contributed by atoms with E-state index in [2.05, 4.69) is 0 Å². The van der Waals surface area contributed by atoms with Gasteiger partial charge in [0, 0.05) is 10.8 Å². The Kier molecular flexibility index (Phi) is 5.41. The molecule has 0 bridgehead atoms. The first kappa shape index (κ1) is 17.5. The molecule has 3 nitrogen and oxygen atoms in total. The first-order valence-corrected chi connectivity index (χ1v) is 8.76. The quantitative estimate of drug-likeness (QED) is 0.453. The predicted octanol–water partition coefficient (Wildman–Crippen LogP) is 6.22. The molecule has 0 N–H and O–H groups in total. The number of fused-ring (bicyclic) bond motifs is 3. The number of benzene rings is 2. The molecule has 0 aliphatic carbocycles. The Hall–Kier alpha value is -2.30. The van der Waals surface area contributed by atoms with E-state index >= 15 is 0 Å². The van der Waals surface area contributed by atoms with Crippen molar-refractivity contribution in [1.82, 2.24) is 0 Å². The van der Waals surface area contributed by atoms with Crippen molar-refractivity contribution in [2.45, 2.75) is 39.5 Å². The average Bonchev–Trinajstić information content (AvgIpc) is 3.00. The van der Waals surface area contributed by atoms with Gasteiger partial charge in [-0.25, -0.2) is 0 Å². The maximum Gasteiger partial charge on any atom is 0.208 e. The van der Waals surface area contributed by atoms with E-state index in [-0.39, 0.29) is 22.7 Å². The van der Waals surface area contributed by atoms with Gasteiger partial charge in [-0.15, -0.1) is 0 Å². The van der Waals surface area contributed by atoms with Crippen molar-refractivity contribution in [3.05, 3.63) is 35.9 Å². The normalized spacial score (nSPS) is 11.4. The Balaban J connectivity index is 1.99. The Morgan fingerprint density at radius 3 is 1.60 bits per heavy atom. The zero-order valence-electron chi connectivity index (χ0n) is 14.5. The summed E-state index contributed by atoms with van der Waals surface area (Å²) < 4.78 is 45.7. The van der Waals surface area contributed by atoms with E-state index < -0.39 is 11.6 Å². The summed E-state index contributed by atoms with van der Waals surface area (Å²) in [4.78, 5) is 0. The molecule has 134 valence electrons. The van der Waals surface area contributed by atoms with Crippen molar-refractivity contribution < 1.29 is 22.7 Å². The molecule has 25 heavy (non-hydrogen) atoms. The zero-order chi connectivity index (χ0) is 17.8. The van der Waals surface area contributed by atoms with Gasteiger partial charge in [0.1, 0.15) is 0 Å². The number of halogens is 2. The van der Waals surface area contributed by atoms with Gasteiger partial charge in [-0.2, -0.15) is 8.78 Å². The van der Waals surface area contributed by atoms with Crippen LogP contribution in [-0.2, 0) is 0 Å². The van der Waals surface area contributed by atoms with Crippen LogP contribution < -0.4 is 9.47 Å². The van der Waals surface area contributed by atoms with E-state index in [0.29, 0.717) is 24.0 Å². The van der Waals surface area contributed by atoms with E-state index in [0.717, 1.165) is 25.7 Å². The summed E-state index contributed by atoms with van der Waals surface area (Å²) in [5.41, 5.74) is 0.0159. The molecular weight excluding hydrogens is 326 g/mol. The van der Waals surface area contributed by atoms with Crippen LogP contribution in [0.1, 0.15) is 39.5 Å². The lowest BCUT2D eigenvalue weighted by Gasteiger charge is -2.06. The van der Waals surface area contributed by atoms with Crippen LogP contribution in [0.25, 0.3) is 21.9 Å². The molecule has 0 amide bonds. The molecule has 0 aliphatic heterocycles. The first-order valence-electron chi connectivity index (χ1n) is 8.76. The van der Waals surface area contributed by atoms with E-state index in [1.807, 2.05) is 13.8 Å². The molecule has 0 aliphatic rings. The molecule has 1 heterocycles. The minimum absolute atomic E-state index is 0.00797. The Labute approximate surface area is 145 Å². The summed E-state index contributed by atoms with van der Waals surface area (Å²) in [6.45, 7) is 4.93. The van der Waals surface area contributed by atoms with E-state index in [9.17, 15) is 8.78 Å². The van der Waals surface area contributed by atoms with Gasteiger partial charge in [-0.1, -0.05) is 26.7 Å². The Bertz CT molecular complexity index is 800.